The van der Waals surface area contributed by atoms with E-state index in [0.29, 0.717) is 17.2 Å². The Labute approximate surface area is 276 Å². The first-order valence-corrected chi connectivity index (χ1v) is 15.8. The van der Waals surface area contributed by atoms with Crippen molar-refractivity contribution in [3.05, 3.63) is 119 Å². The van der Waals surface area contributed by atoms with Gasteiger partial charge in [0, 0.05) is 11.3 Å². The lowest BCUT2D eigenvalue weighted by Crippen LogP contribution is -2.41. The number of nitrogens with zero attached hydrogens (tertiary/aromatic N) is 2. The number of alkyl halides is 3. The number of nitrogens with two attached hydrogens (primary N) is 1. The lowest BCUT2D eigenvalue weighted by molar-refractivity contribution is -0.113. The quantitative estimate of drug-likeness (QED) is 0.112. The monoisotopic (exact) mass is 663 g/mol. The van der Waals surface area contributed by atoms with Crippen LogP contribution in [-0.4, -0.2) is 43.2 Å². The molecule has 0 radical (unpaired) electrons. The molecule has 2 unspecified atom stereocenters. The molecule has 0 saturated heterocycles. The molecule has 2 atom stereocenters. The largest absolute Gasteiger partial charge is 0.448 e. The molecule has 1 aliphatic carbocycles. The average molecular weight is 664 g/mol. The van der Waals surface area contributed by atoms with E-state index in [1.807, 2.05) is 30.3 Å². The van der Waals surface area contributed by atoms with Gasteiger partial charge in [0.2, 0.25) is 0 Å². The van der Waals surface area contributed by atoms with Crippen molar-refractivity contribution in [3.63, 3.8) is 0 Å². The van der Waals surface area contributed by atoms with Crippen LogP contribution in [0.1, 0.15) is 55.8 Å². The van der Waals surface area contributed by atoms with Crippen LogP contribution in [0.25, 0.3) is 0 Å². The Kier molecular flexibility index (Phi) is 10.6. The fraction of sp³-hybridized carbons (Fsp3) is 0.306. The van der Waals surface area contributed by atoms with E-state index < -0.39 is 35.6 Å². The van der Waals surface area contributed by atoms with Crippen LogP contribution in [0.5, 0.6) is 0 Å². The molecular formula is C36H37F4N5O3. The molecular weight excluding hydrogens is 626 g/mol. The fourth-order valence-corrected chi connectivity index (χ4v) is 5.53. The number of nitrogens with one attached hydrogen (secondary N) is 2. The predicted molar refractivity (Wildman–Crippen MR) is 177 cm³/mol. The third-order valence-corrected chi connectivity index (χ3v) is 8.15. The normalized spacial score (nSPS) is 17.3. The fourth-order valence-electron chi connectivity index (χ4n) is 5.53. The number of halogens is 4. The topological polar surface area (TPSA) is 109 Å². The van der Waals surface area contributed by atoms with Gasteiger partial charge in [-0.05, 0) is 86.2 Å². The molecule has 2 aliphatic rings. The minimum absolute atomic E-state index is 0.0894. The van der Waals surface area contributed by atoms with E-state index in [1.54, 1.807) is 38.1 Å². The molecule has 12 heteroatoms. The number of hydrogen-bond donors (Lipinski definition) is 3. The zero-order chi connectivity index (χ0) is 34.4. The minimum Gasteiger partial charge on any atom is -0.448 e. The predicted octanol–water partition coefficient (Wildman–Crippen LogP) is 7.39. The maximum Gasteiger partial charge on any atom is 0.435 e. The van der Waals surface area contributed by atoms with Crippen LogP contribution in [0, 0.1) is 11.7 Å². The minimum atomic E-state index is -4.75. The summed E-state index contributed by atoms with van der Waals surface area (Å²) in [4.78, 5) is 31.0. The molecule has 5 rings (SSSR count). The van der Waals surface area contributed by atoms with Crippen LogP contribution in [-0.2, 0) is 9.53 Å². The first kappa shape index (κ1) is 34.4. The van der Waals surface area contributed by atoms with Gasteiger partial charge in [0.25, 0.3) is 5.91 Å². The van der Waals surface area contributed by atoms with Crippen LogP contribution in [0.15, 0.2) is 101 Å². The number of anilines is 2. The molecule has 2 amide bonds. The lowest BCUT2D eigenvalue weighted by atomic mass is 9.97. The van der Waals surface area contributed by atoms with Crippen molar-refractivity contribution in [2.45, 2.75) is 51.4 Å². The summed E-state index contributed by atoms with van der Waals surface area (Å²) in [5.41, 5.74) is 6.72. The van der Waals surface area contributed by atoms with Gasteiger partial charge in [-0.3, -0.25) is 4.79 Å². The summed E-state index contributed by atoms with van der Waals surface area (Å²) in [5.74, 6) is -1.30. The van der Waals surface area contributed by atoms with Crippen LogP contribution < -0.4 is 21.3 Å². The Morgan fingerprint density at radius 2 is 1.77 bits per heavy atom. The molecule has 4 N–H and O–H groups in total. The maximum absolute atomic E-state index is 15.3. The van der Waals surface area contributed by atoms with Crippen LogP contribution in [0.4, 0.5) is 33.7 Å². The molecule has 1 heterocycles. The van der Waals surface area contributed by atoms with Gasteiger partial charge in [-0.2, -0.15) is 18.2 Å². The van der Waals surface area contributed by atoms with E-state index in [1.165, 1.54) is 23.1 Å². The Morgan fingerprint density at radius 1 is 1.02 bits per heavy atom. The number of ether oxygens (including phenoxy) is 1. The Bertz CT molecular complexity index is 1730. The average Bonchev–Trinajstić information content (AvgIpc) is 3.90. The molecule has 1 aliphatic heterocycles. The molecule has 1 saturated carbocycles. The van der Waals surface area contributed by atoms with Crippen molar-refractivity contribution >= 4 is 29.2 Å². The highest BCUT2D eigenvalue weighted by molar-refractivity contribution is 6.08. The zero-order valence-corrected chi connectivity index (χ0v) is 26.6. The van der Waals surface area contributed by atoms with Gasteiger partial charge < -0.3 is 26.0 Å². The number of carbonyl (C=O) groups is 2. The van der Waals surface area contributed by atoms with Crippen molar-refractivity contribution < 1.29 is 31.9 Å². The standard InChI is InChI=1S/C36H37F4N5O3/c1-3-27-19-26(36(38,39)40)20-31(45(27)28-12-8-11-25(17-28)33(41)44-35(47)48-4-2)34(46)43-30-18-24(15-16-29(30)37)32(42-21-22-13-14-22)23-9-6-5-7-10-23/h5-12,15-20,22,27,32,42H,3-4,13-14,21H2,1-2H3,(H,43,46)(H2,41,44,47). The van der Waals surface area contributed by atoms with E-state index >= 15 is 4.39 Å². The van der Waals surface area contributed by atoms with Gasteiger partial charge in [0.05, 0.1) is 30.0 Å². The highest BCUT2D eigenvalue weighted by Crippen LogP contribution is 2.37. The molecule has 0 aromatic heterocycles. The van der Waals surface area contributed by atoms with Gasteiger partial charge in [-0.15, -0.1) is 0 Å². The second-order valence-corrected chi connectivity index (χ2v) is 11.6. The number of carbonyl (C=O) groups excluding carboxylic acids is 2. The summed E-state index contributed by atoms with van der Waals surface area (Å²) in [6.45, 7) is 4.15. The number of rotatable bonds is 11. The summed E-state index contributed by atoms with van der Waals surface area (Å²) in [5, 5.41) is 6.08. The van der Waals surface area contributed by atoms with E-state index in [-0.39, 0.29) is 41.9 Å². The Hall–Kier alpha value is -4.97. The van der Waals surface area contributed by atoms with Gasteiger partial charge in [0.15, 0.2) is 0 Å². The highest BCUT2D eigenvalue weighted by atomic mass is 19.4. The SMILES string of the molecule is CCOC(=O)N=C(N)c1cccc(N2C(C(=O)Nc3cc(C(NCC4CC4)c4ccccc4)ccc3F)=CC(C(F)(F)F)=CC2CC)c1. The highest BCUT2D eigenvalue weighted by Gasteiger charge is 2.39. The van der Waals surface area contributed by atoms with E-state index in [2.05, 4.69) is 15.6 Å². The van der Waals surface area contributed by atoms with E-state index in [0.717, 1.165) is 37.1 Å². The number of amidine groups is 1. The van der Waals surface area contributed by atoms with E-state index in [9.17, 15) is 22.8 Å². The number of amides is 2. The van der Waals surface area contributed by atoms with Crippen LogP contribution in [0.3, 0.4) is 0 Å². The number of aliphatic imine (C=N–C) groups is 1. The second kappa shape index (κ2) is 14.8. The molecule has 3 aromatic carbocycles. The zero-order valence-electron chi connectivity index (χ0n) is 26.6. The summed E-state index contributed by atoms with van der Waals surface area (Å²) < 4.78 is 62.4. The number of hydrogen-bond acceptors (Lipinski definition) is 5. The molecule has 48 heavy (non-hydrogen) atoms. The van der Waals surface area contributed by atoms with Gasteiger partial charge in [0.1, 0.15) is 17.3 Å². The van der Waals surface area contributed by atoms with Crippen molar-refractivity contribution in [1.29, 1.82) is 0 Å². The first-order chi connectivity index (χ1) is 23.0. The second-order valence-electron chi connectivity index (χ2n) is 11.6. The smallest absolute Gasteiger partial charge is 0.435 e. The van der Waals surface area contributed by atoms with Crippen LogP contribution >= 0.6 is 0 Å². The van der Waals surface area contributed by atoms with Crippen LogP contribution in [0.2, 0.25) is 0 Å². The summed E-state index contributed by atoms with van der Waals surface area (Å²) >= 11 is 0. The van der Waals surface area contributed by atoms with Crippen molar-refractivity contribution in [2.24, 2.45) is 16.6 Å². The Balaban J connectivity index is 1.51. The molecule has 0 spiro atoms. The maximum atomic E-state index is 15.3. The lowest BCUT2D eigenvalue weighted by Gasteiger charge is -2.36. The van der Waals surface area contributed by atoms with Gasteiger partial charge >= 0.3 is 12.3 Å². The third-order valence-electron chi connectivity index (χ3n) is 8.15. The summed E-state index contributed by atoms with van der Waals surface area (Å²) in [6, 6.07) is 19.0. The van der Waals surface area contributed by atoms with Crippen molar-refractivity contribution in [1.82, 2.24) is 5.32 Å². The van der Waals surface area contributed by atoms with Gasteiger partial charge in [-0.1, -0.05) is 55.5 Å². The van der Waals surface area contributed by atoms with Crippen molar-refractivity contribution in [3.8, 4) is 0 Å². The van der Waals surface area contributed by atoms with Crippen molar-refractivity contribution in [2.75, 3.05) is 23.4 Å². The number of benzene rings is 3. The number of allylic oxidation sites excluding steroid dienone is 2. The summed E-state index contributed by atoms with van der Waals surface area (Å²) in [7, 11) is 0. The summed E-state index contributed by atoms with van der Waals surface area (Å²) in [6.07, 6.45) is -1.41. The molecule has 1 fully saturated rings. The van der Waals surface area contributed by atoms with Gasteiger partial charge in [-0.25, -0.2) is 9.18 Å². The molecule has 8 nitrogen and oxygen atoms in total. The third kappa shape index (κ3) is 8.29. The Morgan fingerprint density at radius 3 is 2.44 bits per heavy atom. The molecule has 252 valence electrons. The first-order valence-electron chi connectivity index (χ1n) is 15.8. The molecule has 0 bridgehead atoms. The van der Waals surface area contributed by atoms with E-state index in [4.69, 9.17) is 10.5 Å². The molecule has 3 aromatic rings.